The van der Waals surface area contributed by atoms with Crippen molar-refractivity contribution < 1.29 is 18.8 Å². The largest absolute Gasteiger partial charge is 0.489 e. The summed E-state index contributed by atoms with van der Waals surface area (Å²) in [4.78, 5) is 20.3. The summed E-state index contributed by atoms with van der Waals surface area (Å²) in [5, 5.41) is 5.87. The van der Waals surface area contributed by atoms with Gasteiger partial charge in [-0.15, -0.1) is 0 Å². The first-order valence-electron chi connectivity index (χ1n) is 12.0. The van der Waals surface area contributed by atoms with Crippen molar-refractivity contribution in [3.05, 3.63) is 94.1 Å². The molecule has 0 saturated heterocycles. The molecule has 7 nitrogen and oxygen atoms in total. The summed E-state index contributed by atoms with van der Waals surface area (Å²) in [7, 11) is 1.34. The second-order valence-corrected chi connectivity index (χ2v) is 9.32. The number of benzene rings is 2. The van der Waals surface area contributed by atoms with Crippen LogP contribution >= 0.6 is 23.2 Å². The molecule has 0 aliphatic carbocycles. The highest BCUT2D eigenvalue weighted by Gasteiger charge is 2.22. The Balaban J connectivity index is 1.36. The molecule has 0 unspecified atom stereocenters. The van der Waals surface area contributed by atoms with Crippen molar-refractivity contribution in [1.29, 1.82) is 0 Å². The minimum Gasteiger partial charge on any atom is -0.489 e. The summed E-state index contributed by atoms with van der Waals surface area (Å²) < 4.78 is 16.5. The van der Waals surface area contributed by atoms with Crippen molar-refractivity contribution in [2.24, 2.45) is 0 Å². The highest BCUT2D eigenvalue weighted by Crippen LogP contribution is 2.36. The van der Waals surface area contributed by atoms with E-state index in [1.54, 1.807) is 18.3 Å². The number of pyridine rings is 2. The monoisotopic (exact) mass is 547 g/mol. The molecule has 5 aromatic rings. The van der Waals surface area contributed by atoms with E-state index in [-0.39, 0.29) is 17.5 Å². The van der Waals surface area contributed by atoms with E-state index in [1.807, 2.05) is 48.5 Å². The summed E-state index contributed by atoms with van der Waals surface area (Å²) in [6.45, 7) is 2.30. The van der Waals surface area contributed by atoms with E-state index in [2.05, 4.69) is 22.0 Å². The van der Waals surface area contributed by atoms with E-state index in [0.717, 1.165) is 39.8 Å². The number of hydrogen-bond acceptors (Lipinski definition) is 7. The normalized spacial score (nSPS) is 11.1. The smallest absolute Gasteiger partial charge is 0.356 e. The van der Waals surface area contributed by atoms with Gasteiger partial charge in [0.2, 0.25) is 0 Å². The minimum atomic E-state index is -0.460. The standard InChI is InChI=1S/C29H23Cl2N3O4/c1-3-4-25-21(27(34-38-25)26-22(30)13-14-32-28(26)31)16-37-20-9-5-17(6-10-20)18-7-11-23-19(15-18)8-12-24(33-23)29(35)36-2/h5-15H,3-4,16H2,1-2H3. The molecular weight excluding hydrogens is 525 g/mol. The van der Waals surface area contributed by atoms with Gasteiger partial charge in [0.25, 0.3) is 0 Å². The molecule has 0 spiro atoms. The highest BCUT2D eigenvalue weighted by molar-refractivity contribution is 6.38. The van der Waals surface area contributed by atoms with Gasteiger partial charge in [-0.2, -0.15) is 0 Å². The number of halogens is 2. The molecule has 0 N–H and O–H groups in total. The van der Waals surface area contributed by atoms with Gasteiger partial charge in [-0.3, -0.25) is 0 Å². The Kier molecular flexibility index (Phi) is 7.58. The summed E-state index contributed by atoms with van der Waals surface area (Å²) >= 11 is 12.7. The van der Waals surface area contributed by atoms with Gasteiger partial charge >= 0.3 is 5.97 Å². The van der Waals surface area contributed by atoms with E-state index in [1.165, 1.54) is 7.11 Å². The summed E-state index contributed by atoms with van der Waals surface area (Å²) in [6, 6.07) is 18.9. The van der Waals surface area contributed by atoms with E-state index in [4.69, 9.17) is 37.2 Å². The predicted molar refractivity (Wildman–Crippen MR) is 147 cm³/mol. The lowest BCUT2D eigenvalue weighted by Gasteiger charge is -2.10. The number of aromatic nitrogens is 3. The number of ether oxygens (including phenoxy) is 2. The van der Waals surface area contributed by atoms with Gasteiger partial charge < -0.3 is 14.0 Å². The number of carbonyl (C=O) groups is 1. The number of esters is 1. The molecule has 0 amide bonds. The van der Waals surface area contributed by atoms with Gasteiger partial charge in [-0.25, -0.2) is 14.8 Å². The van der Waals surface area contributed by atoms with Crippen LogP contribution in [0.2, 0.25) is 10.2 Å². The number of rotatable bonds is 8. The molecule has 3 heterocycles. The summed E-state index contributed by atoms with van der Waals surface area (Å²) in [5.74, 6) is 0.963. The van der Waals surface area contributed by atoms with Gasteiger partial charge in [0, 0.05) is 18.0 Å². The molecule has 0 bridgehead atoms. The lowest BCUT2D eigenvalue weighted by Crippen LogP contribution is -2.03. The number of carbonyl (C=O) groups excluding carboxylic acids is 1. The SMILES string of the molecule is CCCc1onc(-c2c(Cl)ccnc2Cl)c1COc1ccc(-c2ccc3nc(C(=O)OC)ccc3c2)cc1. The first-order valence-corrected chi connectivity index (χ1v) is 12.7. The molecule has 0 aliphatic rings. The van der Waals surface area contributed by atoms with Gasteiger partial charge in [-0.1, -0.05) is 59.5 Å². The van der Waals surface area contributed by atoms with Crippen LogP contribution in [0.4, 0.5) is 0 Å². The zero-order valence-corrected chi connectivity index (χ0v) is 22.2. The molecule has 0 atom stereocenters. The summed E-state index contributed by atoms with van der Waals surface area (Å²) in [5.41, 5.74) is 4.89. The van der Waals surface area contributed by atoms with E-state index in [0.29, 0.717) is 28.5 Å². The van der Waals surface area contributed by atoms with E-state index < -0.39 is 5.97 Å². The second kappa shape index (κ2) is 11.2. The average molecular weight is 548 g/mol. The number of methoxy groups -OCH3 is 1. The van der Waals surface area contributed by atoms with E-state index >= 15 is 0 Å². The Bertz CT molecular complexity index is 1600. The number of hydrogen-bond donors (Lipinski definition) is 0. The summed E-state index contributed by atoms with van der Waals surface area (Å²) in [6.07, 6.45) is 3.14. The van der Waals surface area contributed by atoms with Crippen LogP contribution < -0.4 is 4.74 Å². The Morgan fingerprint density at radius 2 is 1.79 bits per heavy atom. The van der Waals surface area contributed by atoms with Crippen molar-refractivity contribution in [2.45, 2.75) is 26.4 Å². The molecule has 0 saturated carbocycles. The second-order valence-electron chi connectivity index (χ2n) is 8.55. The highest BCUT2D eigenvalue weighted by atomic mass is 35.5. The fourth-order valence-electron chi connectivity index (χ4n) is 4.16. The molecule has 38 heavy (non-hydrogen) atoms. The first kappa shape index (κ1) is 25.7. The topological polar surface area (TPSA) is 87.3 Å². The van der Waals surface area contributed by atoms with Crippen molar-refractivity contribution >= 4 is 40.1 Å². The predicted octanol–water partition coefficient (Wildman–Crippen LogP) is 7.58. The molecule has 0 radical (unpaired) electrons. The maximum Gasteiger partial charge on any atom is 0.356 e. The zero-order chi connectivity index (χ0) is 26.6. The van der Waals surface area contributed by atoms with Crippen LogP contribution in [0, 0.1) is 0 Å². The van der Waals surface area contributed by atoms with Crippen LogP contribution in [0.15, 0.2) is 71.4 Å². The maximum absolute atomic E-state index is 11.8. The zero-order valence-electron chi connectivity index (χ0n) is 20.7. The van der Waals surface area contributed by atoms with E-state index in [9.17, 15) is 4.79 Å². The lowest BCUT2D eigenvalue weighted by atomic mass is 10.0. The van der Waals surface area contributed by atoms with Crippen molar-refractivity contribution in [3.8, 4) is 28.1 Å². The fraction of sp³-hybridized carbons (Fsp3) is 0.172. The molecule has 2 aromatic carbocycles. The fourth-order valence-corrected chi connectivity index (χ4v) is 4.69. The van der Waals surface area contributed by atoms with Crippen LogP contribution in [0.25, 0.3) is 33.3 Å². The maximum atomic E-state index is 11.8. The molecule has 0 aliphatic heterocycles. The van der Waals surface area contributed by atoms with Crippen LogP contribution in [-0.2, 0) is 17.8 Å². The van der Waals surface area contributed by atoms with Crippen LogP contribution in [-0.4, -0.2) is 28.2 Å². The first-order chi connectivity index (χ1) is 18.5. The minimum absolute atomic E-state index is 0.235. The van der Waals surface area contributed by atoms with Crippen LogP contribution in [0.3, 0.4) is 0 Å². The Morgan fingerprint density at radius 3 is 2.53 bits per heavy atom. The van der Waals surface area contributed by atoms with Crippen LogP contribution in [0.1, 0.15) is 35.2 Å². The number of aryl methyl sites for hydroxylation is 1. The Labute approximate surface area is 229 Å². The third-order valence-electron chi connectivity index (χ3n) is 6.09. The lowest BCUT2D eigenvalue weighted by molar-refractivity contribution is 0.0594. The third-order valence-corrected chi connectivity index (χ3v) is 6.69. The Hall–Kier alpha value is -3.94. The van der Waals surface area contributed by atoms with Gasteiger partial charge in [0.1, 0.15) is 34.7 Å². The Morgan fingerprint density at radius 1 is 1.00 bits per heavy atom. The van der Waals surface area contributed by atoms with Gasteiger partial charge in [0.15, 0.2) is 0 Å². The molecule has 3 aromatic heterocycles. The molecule has 9 heteroatoms. The van der Waals surface area contributed by atoms with Gasteiger partial charge in [0.05, 0.1) is 28.8 Å². The van der Waals surface area contributed by atoms with Crippen molar-refractivity contribution in [3.63, 3.8) is 0 Å². The third kappa shape index (κ3) is 5.21. The number of fused-ring (bicyclic) bond motifs is 1. The molecule has 5 rings (SSSR count). The average Bonchev–Trinajstić information content (AvgIpc) is 3.33. The molecule has 192 valence electrons. The molecule has 0 fully saturated rings. The van der Waals surface area contributed by atoms with Crippen molar-refractivity contribution in [2.75, 3.05) is 7.11 Å². The van der Waals surface area contributed by atoms with Crippen molar-refractivity contribution in [1.82, 2.24) is 15.1 Å². The van der Waals surface area contributed by atoms with Gasteiger partial charge in [-0.05, 0) is 53.9 Å². The quantitative estimate of drug-likeness (QED) is 0.146. The molecular formula is C29H23Cl2N3O4. The number of nitrogens with zero attached hydrogens (tertiary/aromatic N) is 3. The van der Waals surface area contributed by atoms with Crippen LogP contribution in [0.5, 0.6) is 5.75 Å².